The maximum absolute atomic E-state index is 13.0. The molecule has 7 heteroatoms. The first-order chi connectivity index (χ1) is 12.0. The molecule has 1 aromatic rings. The molecule has 0 aliphatic carbocycles. The van der Waals surface area contributed by atoms with Crippen LogP contribution in [-0.4, -0.2) is 62.6 Å². The number of carbonyl (C=O) groups excluding carboxylic acids is 1. The molecule has 0 saturated carbocycles. The minimum atomic E-state index is -0.214. The first-order valence-corrected chi connectivity index (χ1v) is 8.75. The van der Waals surface area contributed by atoms with Crippen LogP contribution in [0.4, 0.5) is 10.1 Å². The average Bonchev–Trinajstić information content (AvgIpc) is 2.59. The van der Waals surface area contributed by atoms with Crippen molar-refractivity contribution in [3.05, 3.63) is 30.1 Å². The molecule has 1 aliphatic heterocycles. The SMILES string of the molecule is CN=C(NCCC(=O)NC(C)C)N1CCN(c2ccc(F)cc2)CC1. The van der Waals surface area contributed by atoms with E-state index in [4.69, 9.17) is 0 Å². The lowest BCUT2D eigenvalue weighted by Crippen LogP contribution is -2.53. The Morgan fingerprint density at radius 3 is 2.40 bits per heavy atom. The van der Waals surface area contributed by atoms with Crippen LogP contribution in [0.25, 0.3) is 0 Å². The van der Waals surface area contributed by atoms with E-state index >= 15 is 0 Å². The van der Waals surface area contributed by atoms with Gasteiger partial charge in [-0.3, -0.25) is 9.79 Å². The van der Waals surface area contributed by atoms with Gasteiger partial charge in [0.15, 0.2) is 5.96 Å². The molecule has 0 radical (unpaired) electrons. The Hall–Kier alpha value is -2.31. The molecule has 1 saturated heterocycles. The normalized spacial score (nSPS) is 15.5. The van der Waals surface area contributed by atoms with Crippen molar-refractivity contribution in [1.29, 1.82) is 0 Å². The van der Waals surface area contributed by atoms with Crippen LogP contribution in [0.2, 0.25) is 0 Å². The summed E-state index contributed by atoms with van der Waals surface area (Å²) < 4.78 is 13.0. The fourth-order valence-electron chi connectivity index (χ4n) is 2.84. The minimum absolute atomic E-state index is 0.0408. The standard InChI is InChI=1S/C18H28FN5O/c1-14(2)22-17(25)8-9-21-18(20-3)24-12-10-23(11-13-24)16-6-4-15(19)5-7-16/h4-7,14H,8-13H2,1-3H3,(H,20,21)(H,22,25). The molecule has 0 spiro atoms. The molecule has 0 atom stereocenters. The van der Waals surface area contributed by atoms with Gasteiger partial charge in [-0.1, -0.05) is 0 Å². The zero-order valence-corrected chi connectivity index (χ0v) is 15.3. The Balaban J connectivity index is 1.78. The summed E-state index contributed by atoms with van der Waals surface area (Å²) in [6.07, 6.45) is 0.423. The van der Waals surface area contributed by atoms with Crippen LogP contribution in [0.1, 0.15) is 20.3 Å². The third-order valence-electron chi connectivity index (χ3n) is 4.07. The molecule has 1 fully saturated rings. The van der Waals surface area contributed by atoms with E-state index in [2.05, 4.69) is 25.4 Å². The van der Waals surface area contributed by atoms with Crippen molar-refractivity contribution < 1.29 is 9.18 Å². The number of anilines is 1. The largest absolute Gasteiger partial charge is 0.368 e. The predicted molar refractivity (Wildman–Crippen MR) is 99.4 cm³/mol. The number of hydrogen-bond acceptors (Lipinski definition) is 3. The number of halogens is 1. The van der Waals surface area contributed by atoms with Crippen molar-refractivity contribution in [2.75, 3.05) is 44.7 Å². The van der Waals surface area contributed by atoms with Crippen molar-refractivity contribution >= 4 is 17.6 Å². The number of hydrogen-bond donors (Lipinski definition) is 2. The van der Waals surface area contributed by atoms with Crippen molar-refractivity contribution in [1.82, 2.24) is 15.5 Å². The van der Waals surface area contributed by atoms with Gasteiger partial charge in [-0.2, -0.15) is 0 Å². The molecule has 6 nitrogen and oxygen atoms in total. The minimum Gasteiger partial charge on any atom is -0.368 e. The third kappa shape index (κ3) is 5.92. The lowest BCUT2D eigenvalue weighted by Gasteiger charge is -2.37. The summed E-state index contributed by atoms with van der Waals surface area (Å²) in [5.74, 6) is 0.642. The van der Waals surface area contributed by atoms with Crippen LogP contribution in [-0.2, 0) is 4.79 Å². The van der Waals surface area contributed by atoms with Gasteiger partial charge in [0.05, 0.1) is 0 Å². The van der Waals surface area contributed by atoms with E-state index in [0.717, 1.165) is 37.8 Å². The van der Waals surface area contributed by atoms with Crippen LogP contribution in [0, 0.1) is 5.82 Å². The number of nitrogens with one attached hydrogen (secondary N) is 2. The van der Waals surface area contributed by atoms with E-state index in [9.17, 15) is 9.18 Å². The lowest BCUT2D eigenvalue weighted by atomic mass is 10.2. The molecule has 25 heavy (non-hydrogen) atoms. The Morgan fingerprint density at radius 1 is 1.20 bits per heavy atom. The summed E-state index contributed by atoms with van der Waals surface area (Å²) in [5.41, 5.74) is 1.04. The molecule has 0 bridgehead atoms. The summed E-state index contributed by atoms with van der Waals surface area (Å²) >= 11 is 0. The van der Waals surface area contributed by atoms with Crippen LogP contribution in [0.3, 0.4) is 0 Å². The van der Waals surface area contributed by atoms with Crippen LogP contribution < -0.4 is 15.5 Å². The predicted octanol–water partition coefficient (Wildman–Crippen LogP) is 1.44. The fourth-order valence-corrected chi connectivity index (χ4v) is 2.84. The van der Waals surface area contributed by atoms with Crippen LogP contribution in [0.5, 0.6) is 0 Å². The molecule has 2 N–H and O–H groups in total. The van der Waals surface area contributed by atoms with Gasteiger partial charge in [-0.05, 0) is 38.1 Å². The first-order valence-electron chi connectivity index (χ1n) is 8.75. The number of rotatable bonds is 5. The molecule has 0 aromatic heterocycles. The Kier molecular flexibility index (Phi) is 7.03. The van der Waals surface area contributed by atoms with Crippen molar-refractivity contribution in [3.8, 4) is 0 Å². The number of amides is 1. The van der Waals surface area contributed by atoms with Gasteiger partial charge >= 0.3 is 0 Å². The second-order valence-corrected chi connectivity index (χ2v) is 6.40. The van der Waals surface area contributed by atoms with Crippen LogP contribution >= 0.6 is 0 Å². The van der Waals surface area contributed by atoms with E-state index in [0.29, 0.717) is 13.0 Å². The summed E-state index contributed by atoms with van der Waals surface area (Å²) in [6, 6.07) is 6.76. The number of carbonyl (C=O) groups is 1. The van der Waals surface area contributed by atoms with E-state index in [-0.39, 0.29) is 17.8 Å². The van der Waals surface area contributed by atoms with Gasteiger partial charge in [0.25, 0.3) is 0 Å². The highest BCUT2D eigenvalue weighted by atomic mass is 19.1. The number of nitrogens with zero attached hydrogens (tertiary/aromatic N) is 3. The quantitative estimate of drug-likeness (QED) is 0.624. The molecule has 1 heterocycles. The van der Waals surface area contributed by atoms with Gasteiger partial charge in [-0.15, -0.1) is 0 Å². The Morgan fingerprint density at radius 2 is 1.84 bits per heavy atom. The average molecular weight is 349 g/mol. The molecule has 0 unspecified atom stereocenters. The third-order valence-corrected chi connectivity index (χ3v) is 4.07. The van der Waals surface area contributed by atoms with E-state index in [1.807, 2.05) is 26.0 Å². The van der Waals surface area contributed by atoms with E-state index < -0.39 is 0 Å². The number of piperazine rings is 1. The summed E-state index contributed by atoms with van der Waals surface area (Å²) in [7, 11) is 1.75. The highest BCUT2D eigenvalue weighted by Crippen LogP contribution is 2.16. The zero-order chi connectivity index (χ0) is 18.2. The summed E-state index contributed by atoms with van der Waals surface area (Å²) in [4.78, 5) is 20.4. The Bertz CT molecular complexity index is 580. The second kappa shape index (κ2) is 9.25. The molecule has 1 aliphatic rings. The summed E-state index contributed by atoms with van der Waals surface area (Å²) in [5, 5.41) is 6.13. The van der Waals surface area contributed by atoms with Crippen molar-refractivity contribution in [3.63, 3.8) is 0 Å². The van der Waals surface area contributed by atoms with Gasteiger partial charge in [0, 0.05) is 57.9 Å². The van der Waals surface area contributed by atoms with Crippen molar-refractivity contribution in [2.45, 2.75) is 26.3 Å². The van der Waals surface area contributed by atoms with Gasteiger partial charge in [0.2, 0.25) is 5.91 Å². The van der Waals surface area contributed by atoms with Gasteiger partial charge < -0.3 is 20.4 Å². The van der Waals surface area contributed by atoms with E-state index in [1.54, 1.807) is 7.05 Å². The monoisotopic (exact) mass is 349 g/mol. The maximum atomic E-state index is 13.0. The molecular formula is C18H28FN5O. The lowest BCUT2D eigenvalue weighted by molar-refractivity contribution is -0.121. The topological polar surface area (TPSA) is 60.0 Å². The Labute approximate surface area is 149 Å². The highest BCUT2D eigenvalue weighted by Gasteiger charge is 2.19. The van der Waals surface area contributed by atoms with Gasteiger partial charge in [-0.25, -0.2) is 4.39 Å². The number of aliphatic imine (C=N–C) groups is 1. The molecular weight excluding hydrogens is 321 g/mol. The first kappa shape index (κ1) is 19.0. The highest BCUT2D eigenvalue weighted by molar-refractivity contribution is 5.81. The molecule has 2 rings (SSSR count). The second-order valence-electron chi connectivity index (χ2n) is 6.40. The number of benzene rings is 1. The molecule has 1 aromatic carbocycles. The molecule has 138 valence electrons. The van der Waals surface area contributed by atoms with Crippen LogP contribution in [0.15, 0.2) is 29.3 Å². The van der Waals surface area contributed by atoms with Gasteiger partial charge in [0.1, 0.15) is 5.82 Å². The summed E-state index contributed by atoms with van der Waals surface area (Å²) in [6.45, 7) is 7.81. The number of guanidine groups is 1. The van der Waals surface area contributed by atoms with Crippen molar-refractivity contribution in [2.24, 2.45) is 4.99 Å². The zero-order valence-electron chi connectivity index (χ0n) is 15.3. The maximum Gasteiger partial charge on any atom is 0.221 e. The fraction of sp³-hybridized carbons (Fsp3) is 0.556. The smallest absolute Gasteiger partial charge is 0.221 e. The molecule has 1 amide bonds. The van der Waals surface area contributed by atoms with E-state index in [1.165, 1.54) is 12.1 Å².